The Bertz CT molecular complexity index is 988. The first-order valence-electron chi connectivity index (χ1n) is 8.32. The van der Waals surface area contributed by atoms with E-state index in [1.54, 1.807) is 24.3 Å². The van der Waals surface area contributed by atoms with Crippen LogP contribution in [0.4, 0.5) is 5.13 Å². The molecule has 0 fully saturated rings. The van der Waals surface area contributed by atoms with Gasteiger partial charge in [0, 0.05) is 5.56 Å². The molecule has 0 aliphatic heterocycles. The molecule has 0 saturated heterocycles. The molecule has 0 radical (unpaired) electrons. The topological polar surface area (TPSA) is 63.2 Å². The first-order valence-corrected chi connectivity index (χ1v) is 9.93. The lowest BCUT2D eigenvalue weighted by Crippen LogP contribution is -2.34. The van der Waals surface area contributed by atoms with Crippen LogP contribution in [0.5, 0.6) is 5.75 Å². The number of fused-ring (bicyclic) bond motifs is 1. The molecule has 1 heterocycles. The van der Waals surface area contributed by atoms with Gasteiger partial charge in [0.2, 0.25) is 0 Å². The van der Waals surface area contributed by atoms with E-state index < -0.39 is 0 Å². The molecule has 0 aliphatic carbocycles. The number of rotatable bonds is 5. The molecule has 1 amide bonds. The van der Waals surface area contributed by atoms with E-state index in [2.05, 4.69) is 29.5 Å². The number of carbonyl (C=O) groups excluding carboxylic acids is 1. The van der Waals surface area contributed by atoms with Crippen LogP contribution in [0.25, 0.3) is 10.2 Å². The molecule has 1 aromatic heterocycles. The van der Waals surface area contributed by atoms with Crippen molar-refractivity contribution in [3.8, 4) is 5.75 Å². The molecule has 5 nitrogen and oxygen atoms in total. The van der Waals surface area contributed by atoms with Crippen molar-refractivity contribution in [2.24, 2.45) is 5.92 Å². The van der Waals surface area contributed by atoms with Crippen LogP contribution in [0.2, 0.25) is 5.02 Å². The molecule has 2 aromatic carbocycles. The van der Waals surface area contributed by atoms with Gasteiger partial charge in [-0.3, -0.25) is 10.1 Å². The summed E-state index contributed by atoms with van der Waals surface area (Å²) in [6.07, 6.45) is 0. The Morgan fingerprint density at radius 3 is 2.81 bits per heavy atom. The Balaban J connectivity index is 1.64. The normalized spacial score (nSPS) is 10.8. The predicted octanol–water partition coefficient (Wildman–Crippen LogP) is 5.11. The maximum Gasteiger partial charge on any atom is 0.257 e. The Morgan fingerprint density at radius 1 is 1.30 bits per heavy atom. The predicted molar refractivity (Wildman–Crippen MR) is 115 cm³/mol. The lowest BCUT2D eigenvalue weighted by Gasteiger charge is -2.10. The van der Waals surface area contributed by atoms with Gasteiger partial charge < -0.3 is 10.1 Å². The van der Waals surface area contributed by atoms with Gasteiger partial charge in [-0.1, -0.05) is 48.9 Å². The molecule has 3 aromatic rings. The van der Waals surface area contributed by atoms with Gasteiger partial charge in [-0.2, -0.15) is 0 Å². The summed E-state index contributed by atoms with van der Waals surface area (Å²) in [6, 6.07) is 12.6. The SMILES string of the molecule is CC(C)COc1cccc(C(=O)NC(=S)Nc2nc3c(Cl)cccc3s2)c1. The van der Waals surface area contributed by atoms with Crippen LogP contribution < -0.4 is 15.4 Å². The Labute approximate surface area is 171 Å². The van der Waals surface area contributed by atoms with E-state index in [1.165, 1.54) is 11.3 Å². The van der Waals surface area contributed by atoms with Gasteiger partial charge in [0.05, 0.1) is 16.3 Å². The highest BCUT2D eigenvalue weighted by atomic mass is 35.5. The molecule has 0 saturated carbocycles. The highest BCUT2D eigenvalue weighted by Gasteiger charge is 2.12. The average molecular weight is 420 g/mol. The number of thiocarbonyl (C=S) groups is 1. The summed E-state index contributed by atoms with van der Waals surface area (Å²) in [7, 11) is 0. The van der Waals surface area contributed by atoms with E-state index in [0.717, 1.165) is 4.70 Å². The number of para-hydroxylation sites is 1. The molecule has 8 heteroatoms. The second-order valence-electron chi connectivity index (χ2n) is 6.25. The van der Waals surface area contributed by atoms with Crippen molar-refractivity contribution in [2.45, 2.75) is 13.8 Å². The fourth-order valence-corrected chi connectivity index (χ4v) is 3.69. The molecule has 0 spiro atoms. The summed E-state index contributed by atoms with van der Waals surface area (Å²) in [5, 5.41) is 6.90. The fraction of sp³-hybridized carbons (Fsp3) is 0.211. The maximum atomic E-state index is 12.4. The summed E-state index contributed by atoms with van der Waals surface area (Å²) in [5.74, 6) is 0.735. The van der Waals surface area contributed by atoms with Crippen LogP contribution in [-0.2, 0) is 0 Å². The Morgan fingerprint density at radius 2 is 2.07 bits per heavy atom. The minimum Gasteiger partial charge on any atom is -0.493 e. The number of carbonyl (C=O) groups is 1. The summed E-state index contributed by atoms with van der Waals surface area (Å²) in [5.41, 5.74) is 1.17. The Hall–Kier alpha value is -2.22. The van der Waals surface area contributed by atoms with Crippen molar-refractivity contribution in [3.05, 3.63) is 53.1 Å². The number of hydrogen-bond acceptors (Lipinski definition) is 5. The van der Waals surface area contributed by atoms with Gasteiger partial charge in [-0.05, 0) is 48.5 Å². The van der Waals surface area contributed by atoms with E-state index in [4.69, 9.17) is 28.6 Å². The zero-order valence-electron chi connectivity index (χ0n) is 14.8. The van der Waals surface area contributed by atoms with Crippen LogP contribution in [0.3, 0.4) is 0 Å². The first kappa shape index (κ1) is 19.5. The molecule has 0 unspecified atom stereocenters. The standard InChI is InChI=1S/C19H18ClN3O2S2/c1-11(2)10-25-13-6-3-5-12(9-13)17(24)22-18(26)23-19-21-16-14(20)7-4-8-15(16)27-19/h3-9,11H,10H2,1-2H3,(H2,21,22,23,24,26). The monoisotopic (exact) mass is 419 g/mol. The van der Waals surface area contributed by atoms with Crippen LogP contribution in [0, 0.1) is 5.92 Å². The van der Waals surface area contributed by atoms with Crippen molar-refractivity contribution in [2.75, 3.05) is 11.9 Å². The molecular formula is C19H18ClN3O2S2. The van der Waals surface area contributed by atoms with Crippen molar-refractivity contribution in [1.29, 1.82) is 0 Å². The van der Waals surface area contributed by atoms with E-state index >= 15 is 0 Å². The van der Waals surface area contributed by atoms with E-state index in [0.29, 0.717) is 39.5 Å². The van der Waals surface area contributed by atoms with Gasteiger partial charge >= 0.3 is 0 Å². The fourth-order valence-electron chi connectivity index (χ4n) is 2.26. The van der Waals surface area contributed by atoms with Crippen LogP contribution in [0.15, 0.2) is 42.5 Å². The number of benzene rings is 2. The molecule has 0 bridgehead atoms. The second-order valence-corrected chi connectivity index (χ2v) is 8.09. The summed E-state index contributed by atoms with van der Waals surface area (Å²) >= 11 is 12.8. The molecule has 0 aliphatic rings. The molecule has 2 N–H and O–H groups in total. The highest BCUT2D eigenvalue weighted by Crippen LogP contribution is 2.30. The van der Waals surface area contributed by atoms with E-state index in [1.807, 2.05) is 18.2 Å². The average Bonchev–Trinajstić information content (AvgIpc) is 3.04. The number of aromatic nitrogens is 1. The number of amides is 1. The third kappa shape index (κ3) is 5.15. The first-order chi connectivity index (χ1) is 12.9. The van der Waals surface area contributed by atoms with Crippen LogP contribution in [-0.4, -0.2) is 22.6 Å². The zero-order valence-corrected chi connectivity index (χ0v) is 17.2. The van der Waals surface area contributed by atoms with Gasteiger partial charge in [0.25, 0.3) is 5.91 Å². The van der Waals surface area contributed by atoms with Crippen molar-refractivity contribution in [3.63, 3.8) is 0 Å². The van der Waals surface area contributed by atoms with Crippen molar-refractivity contribution >= 4 is 61.5 Å². The number of thiazole rings is 1. The number of ether oxygens (including phenoxy) is 1. The number of hydrogen-bond donors (Lipinski definition) is 2. The zero-order chi connectivity index (χ0) is 19.4. The Kier molecular flexibility index (Phi) is 6.26. The summed E-state index contributed by atoms with van der Waals surface area (Å²) < 4.78 is 6.59. The number of halogens is 1. The van der Waals surface area contributed by atoms with Gasteiger partial charge in [0.1, 0.15) is 11.3 Å². The smallest absolute Gasteiger partial charge is 0.257 e. The quantitative estimate of drug-likeness (QED) is 0.562. The molecule has 3 rings (SSSR count). The molecule has 27 heavy (non-hydrogen) atoms. The van der Waals surface area contributed by atoms with Crippen LogP contribution >= 0.6 is 35.2 Å². The molecule has 0 atom stereocenters. The van der Waals surface area contributed by atoms with Crippen molar-refractivity contribution < 1.29 is 9.53 Å². The number of nitrogens with zero attached hydrogens (tertiary/aromatic N) is 1. The van der Waals surface area contributed by atoms with Crippen LogP contribution in [0.1, 0.15) is 24.2 Å². The lowest BCUT2D eigenvalue weighted by molar-refractivity contribution is 0.0977. The van der Waals surface area contributed by atoms with Gasteiger partial charge in [-0.25, -0.2) is 4.98 Å². The highest BCUT2D eigenvalue weighted by molar-refractivity contribution is 7.80. The second kappa shape index (κ2) is 8.65. The maximum absolute atomic E-state index is 12.4. The largest absolute Gasteiger partial charge is 0.493 e. The van der Waals surface area contributed by atoms with Gasteiger partial charge in [0.15, 0.2) is 10.2 Å². The molecule has 140 valence electrons. The summed E-state index contributed by atoms with van der Waals surface area (Å²) in [4.78, 5) is 16.8. The molecular weight excluding hydrogens is 402 g/mol. The number of anilines is 1. The van der Waals surface area contributed by atoms with Crippen molar-refractivity contribution in [1.82, 2.24) is 10.3 Å². The minimum atomic E-state index is -0.318. The lowest BCUT2D eigenvalue weighted by atomic mass is 10.2. The van der Waals surface area contributed by atoms with E-state index in [9.17, 15) is 4.79 Å². The number of nitrogens with one attached hydrogen (secondary N) is 2. The van der Waals surface area contributed by atoms with E-state index in [-0.39, 0.29) is 11.0 Å². The minimum absolute atomic E-state index is 0.170. The van der Waals surface area contributed by atoms with Gasteiger partial charge in [-0.15, -0.1) is 0 Å². The third-order valence-electron chi connectivity index (χ3n) is 3.50. The summed E-state index contributed by atoms with van der Waals surface area (Å²) in [6.45, 7) is 4.72. The third-order valence-corrected chi connectivity index (χ3v) is 4.94.